The molecule has 0 heterocycles. The summed E-state index contributed by atoms with van der Waals surface area (Å²) >= 11 is 0. The fourth-order valence-corrected chi connectivity index (χ4v) is 1.34. The highest BCUT2D eigenvalue weighted by Crippen LogP contribution is 2.19. The van der Waals surface area contributed by atoms with Crippen LogP contribution in [-0.2, 0) is 19.1 Å². The molecule has 1 aromatic rings. The Morgan fingerprint density at radius 2 is 1.72 bits per heavy atom. The van der Waals surface area contributed by atoms with Gasteiger partial charge in [0.1, 0.15) is 0 Å². The van der Waals surface area contributed by atoms with Crippen LogP contribution in [-0.4, -0.2) is 30.1 Å². The fraction of sp³-hybridized carbons (Fsp3) is 0.250. The topological polar surface area (TPSA) is 89.9 Å². The first kappa shape index (κ1) is 13.7. The normalized spacial score (nSPS) is 11.4. The SMILES string of the molecule is COC(=O)c1ccc(C(OC(C)=O)C(=O)O)cc1. The molecule has 18 heavy (non-hydrogen) atoms. The second-order valence-electron chi connectivity index (χ2n) is 3.44. The molecule has 1 aromatic carbocycles. The molecule has 1 N–H and O–H groups in total. The van der Waals surface area contributed by atoms with Crippen molar-refractivity contribution in [3.63, 3.8) is 0 Å². The van der Waals surface area contributed by atoms with Crippen molar-refractivity contribution in [3.8, 4) is 0 Å². The third-order valence-electron chi connectivity index (χ3n) is 2.14. The number of benzene rings is 1. The molecule has 0 aliphatic heterocycles. The highest BCUT2D eigenvalue weighted by molar-refractivity contribution is 5.89. The van der Waals surface area contributed by atoms with E-state index in [0.717, 1.165) is 6.92 Å². The van der Waals surface area contributed by atoms with Crippen LogP contribution in [0, 0.1) is 0 Å². The Bertz CT molecular complexity index is 462. The first-order valence-corrected chi connectivity index (χ1v) is 5.04. The van der Waals surface area contributed by atoms with Crippen molar-refractivity contribution in [1.82, 2.24) is 0 Å². The van der Waals surface area contributed by atoms with Crippen molar-refractivity contribution < 1.29 is 29.0 Å². The summed E-state index contributed by atoms with van der Waals surface area (Å²) in [6.45, 7) is 1.12. The predicted octanol–water partition coefficient (Wildman–Crippen LogP) is 1.16. The number of carbonyl (C=O) groups is 3. The van der Waals surface area contributed by atoms with Gasteiger partial charge in [-0.25, -0.2) is 9.59 Å². The lowest BCUT2D eigenvalue weighted by atomic mass is 10.1. The average Bonchev–Trinajstić information content (AvgIpc) is 2.34. The van der Waals surface area contributed by atoms with Gasteiger partial charge in [0.05, 0.1) is 12.7 Å². The van der Waals surface area contributed by atoms with Gasteiger partial charge in [0, 0.05) is 12.5 Å². The zero-order valence-corrected chi connectivity index (χ0v) is 9.88. The maximum Gasteiger partial charge on any atom is 0.349 e. The summed E-state index contributed by atoms with van der Waals surface area (Å²) < 4.78 is 9.18. The Labute approximate surface area is 103 Å². The molecule has 0 saturated carbocycles. The molecule has 1 unspecified atom stereocenters. The number of ether oxygens (including phenoxy) is 2. The number of esters is 2. The highest BCUT2D eigenvalue weighted by atomic mass is 16.6. The Morgan fingerprint density at radius 1 is 1.17 bits per heavy atom. The number of carbonyl (C=O) groups excluding carboxylic acids is 2. The van der Waals surface area contributed by atoms with Gasteiger partial charge in [-0.2, -0.15) is 0 Å². The molecule has 0 aromatic heterocycles. The van der Waals surface area contributed by atoms with Crippen LogP contribution >= 0.6 is 0 Å². The summed E-state index contributed by atoms with van der Waals surface area (Å²) in [5, 5.41) is 8.93. The van der Waals surface area contributed by atoms with Crippen LogP contribution in [0.15, 0.2) is 24.3 Å². The fourth-order valence-electron chi connectivity index (χ4n) is 1.34. The Balaban J connectivity index is 2.97. The summed E-state index contributed by atoms with van der Waals surface area (Å²) in [6, 6.07) is 5.60. The summed E-state index contributed by atoms with van der Waals surface area (Å²) in [5.41, 5.74) is 0.554. The molecule has 6 heteroatoms. The quantitative estimate of drug-likeness (QED) is 0.809. The van der Waals surface area contributed by atoms with Gasteiger partial charge in [-0.15, -0.1) is 0 Å². The molecule has 0 aliphatic rings. The number of aliphatic carboxylic acids is 1. The molecule has 0 spiro atoms. The average molecular weight is 252 g/mol. The van der Waals surface area contributed by atoms with Crippen molar-refractivity contribution >= 4 is 17.9 Å². The molecular weight excluding hydrogens is 240 g/mol. The smallest absolute Gasteiger partial charge is 0.349 e. The summed E-state index contributed by atoms with van der Waals surface area (Å²) in [5.74, 6) is -2.50. The molecule has 0 bridgehead atoms. The summed E-state index contributed by atoms with van der Waals surface area (Å²) in [6.07, 6.45) is -1.38. The van der Waals surface area contributed by atoms with Gasteiger partial charge in [-0.05, 0) is 12.1 Å². The highest BCUT2D eigenvalue weighted by Gasteiger charge is 2.23. The van der Waals surface area contributed by atoms with E-state index in [-0.39, 0.29) is 11.1 Å². The monoisotopic (exact) mass is 252 g/mol. The Kier molecular flexibility index (Phi) is 4.42. The molecule has 1 rings (SSSR count). The van der Waals surface area contributed by atoms with Crippen LogP contribution in [0.25, 0.3) is 0 Å². The largest absolute Gasteiger partial charge is 0.478 e. The second kappa shape index (κ2) is 5.81. The zero-order valence-electron chi connectivity index (χ0n) is 9.88. The molecule has 0 aliphatic carbocycles. The molecule has 0 fully saturated rings. The lowest BCUT2D eigenvalue weighted by molar-refractivity contribution is -0.163. The number of hydrogen-bond donors (Lipinski definition) is 1. The van der Waals surface area contributed by atoms with E-state index in [9.17, 15) is 14.4 Å². The number of hydrogen-bond acceptors (Lipinski definition) is 5. The predicted molar refractivity (Wildman–Crippen MR) is 59.9 cm³/mol. The molecular formula is C12H12O6. The molecule has 6 nitrogen and oxygen atoms in total. The Morgan fingerprint density at radius 3 is 2.11 bits per heavy atom. The van der Waals surface area contributed by atoms with Crippen LogP contribution in [0.5, 0.6) is 0 Å². The standard InChI is InChI=1S/C12H12O6/c1-7(13)18-10(11(14)15)8-3-5-9(6-4-8)12(16)17-2/h3-6,10H,1-2H3,(H,14,15). The van der Waals surface area contributed by atoms with Gasteiger partial charge >= 0.3 is 17.9 Å². The van der Waals surface area contributed by atoms with Gasteiger partial charge < -0.3 is 14.6 Å². The van der Waals surface area contributed by atoms with E-state index in [4.69, 9.17) is 5.11 Å². The van der Waals surface area contributed by atoms with Gasteiger partial charge in [0.15, 0.2) is 0 Å². The molecule has 96 valence electrons. The van der Waals surface area contributed by atoms with Crippen molar-refractivity contribution in [1.29, 1.82) is 0 Å². The zero-order chi connectivity index (χ0) is 13.7. The minimum absolute atomic E-state index is 0.269. The van der Waals surface area contributed by atoms with E-state index in [1.54, 1.807) is 0 Å². The summed E-state index contributed by atoms with van der Waals surface area (Å²) in [7, 11) is 1.25. The van der Waals surface area contributed by atoms with Crippen LogP contribution in [0.4, 0.5) is 0 Å². The first-order valence-electron chi connectivity index (χ1n) is 5.04. The molecule has 1 atom stereocenters. The lowest BCUT2D eigenvalue weighted by Gasteiger charge is -2.12. The van der Waals surface area contributed by atoms with Crippen molar-refractivity contribution in [3.05, 3.63) is 35.4 Å². The maximum absolute atomic E-state index is 11.2. The molecule has 0 amide bonds. The number of carboxylic acid groups (broad SMARTS) is 1. The van der Waals surface area contributed by atoms with Crippen LogP contribution in [0.3, 0.4) is 0 Å². The van der Waals surface area contributed by atoms with E-state index < -0.39 is 24.0 Å². The maximum atomic E-state index is 11.2. The van der Waals surface area contributed by atoms with E-state index in [0.29, 0.717) is 0 Å². The van der Waals surface area contributed by atoms with Crippen LogP contribution in [0.2, 0.25) is 0 Å². The van der Waals surface area contributed by atoms with Crippen LogP contribution in [0.1, 0.15) is 28.9 Å². The van der Waals surface area contributed by atoms with E-state index >= 15 is 0 Å². The molecule has 0 saturated heterocycles. The third-order valence-corrected chi connectivity index (χ3v) is 2.14. The Hall–Kier alpha value is -2.37. The van der Waals surface area contributed by atoms with Gasteiger partial charge in [-0.1, -0.05) is 12.1 Å². The van der Waals surface area contributed by atoms with E-state index in [2.05, 4.69) is 9.47 Å². The number of methoxy groups -OCH3 is 1. The third kappa shape index (κ3) is 3.31. The van der Waals surface area contributed by atoms with Crippen molar-refractivity contribution in [2.45, 2.75) is 13.0 Å². The van der Waals surface area contributed by atoms with Crippen molar-refractivity contribution in [2.24, 2.45) is 0 Å². The van der Waals surface area contributed by atoms with Crippen LogP contribution < -0.4 is 0 Å². The lowest BCUT2D eigenvalue weighted by Crippen LogP contribution is -2.18. The van der Waals surface area contributed by atoms with E-state index in [1.807, 2.05) is 0 Å². The number of carboxylic acids is 1. The van der Waals surface area contributed by atoms with Gasteiger partial charge in [0.2, 0.25) is 6.10 Å². The van der Waals surface area contributed by atoms with Gasteiger partial charge in [0.25, 0.3) is 0 Å². The van der Waals surface area contributed by atoms with Crippen molar-refractivity contribution in [2.75, 3.05) is 7.11 Å². The number of rotatable bonds is 4. The first-order chi connectivity index (χ1) is 8.45. The minimum atomic E-state index is -1.38. The summed E-state index contributed by atoms with van der Waals surface area (Å²) in [4.78, 5) is 32.9. The van der Waals surface area contributed by atoms with E-state index in [1.165, 1.54) is 31.4 Å². The van der Waals surface area contributed by atoms with Gasteiger partial charge in [-0.3, -0.25) is 4.79 Å². The minimum Gasteiger partial charge on any atom is -0.478 e. The molecule has 0 radical (unpaired) electrons. The second-order valence-corrected chi connectivity index (χ2v) is 3.44.